The van der Waals surface area contributed by atoms with Crippen LogP contribution in [0.4, 0.5) is 0 Å². The summed E-state index contributed by atoms with van der Waals surface area (Å²) in [6.07, 6.45) is 5.02. The summed E-state index contributed by atoms with van der Waals surface area (Å²) >= 11 is 0.874. The van der Waals surface area contributed by atoms with Gasteiger partial charge in [-0.3, -0.25) is 0 Å². The molecule has 3 aromatic rings. The third-order valence-electron chi connectivity index (χ3n) is 2.73. The first-order valence-electron chi connectivity index (χ1n) is 5.22. The second-order valence-corrected chi connectivity index (χ2v) is 6.21. The van der Waals surface area contributed by atoms with Crippen molar-refractivity contribution >= 4 is 22.5 Å². The molecule has 4 heteroatoms. The fraction of sp³-hybridized carbons (Fsp3) is 0.0769. The van der Waals surface area contributed by atoms with Crippen molar-refractivity contribution in [3.63, 3.8) is 0 Å². The van der Waals surface area contributed by atoms with E-state index in [1.165, 1.54) is 0 Å². The van der Waals surface area contributed by atoms with Crippen molar-refractivity contribution in [1.82, 2.24) is 0 Å². The van der Waals surface area contributed by atoms with Gasteiger partial charge >= 0.3 is 112 Å². The van der Waals surface area contributed by atoms with E-state index in [-0.39, 0.29) is 0 Å². The summed E-state index contributed by atoms with van der Waals surface area (Å²) < 4.78 is 16.3. The fourth-order valence-corrected chi connectivity index (χ4v) is 3.28. The molecule has 0 spiro atoms. The Labute approximate surface area is 112 Å². The van der Waals surface area contributed by atoms with Gasteiger partial charge in [-0.2, -0.15) is 0 Å². The Hall–Kier alpha value is -1.36. The molecule has 84 valence electrons. The van der Waals surface area contributed by atoms with Crippen LogP contribution in [-0.2, 0) is 3.43 Å². The fourth-order valence-electron chi connectivity index (χ4n) is 1.87. The predicted molar refractivity (Wildman–Crippen MR) is 63.2 cm³/mol. The molecule has 0 bridgehead atoms. The molecule has 0 unspecified atom stereocenters. The summed E-state index contributed by atoms with van der Waals surface area (Å²) in [4.78, 5) is 0. The van der Waals surface area contributed by atoms with Gasteiger partial charge in [-0.25, -0.2) is 0 Å². The maximum absolute atomic E-state index is 5.56. The normalized spacial score (nSPS) is 11.8. The van der Waals surface area contributed by atoms with E-state index in [1.54, 1.807) is 18.8 Å². The quantitative estimate of drug-likeness (QED) is 0.692. The molecule has 0 aliphatic carbocycles. The molecule has 3 nitrogen and oxygen atoms in total. The van der Waals surface area contributed by atoms with Crippen molar-refractivity contribution in [3.8, 4) is 0 Å². The molecule has 0 saturated carbocycles. The van der Waals surface area contributed by atoms with Gasteiger partial charge in [-0.05, 0) is 0 Å². The van der Waals surface area contributed by atoms with Gasteiger partial charge in [0, 0.05) is 0 Å². The molecule has 0 saturated heterocycles. The van der Waals surface area contributed by atoms with Gasteiger partial charge < -0.3 is 0 Å². The van der Waals surface area contributed by atoms with E-state index in [1.807, 2.05) is 36.4 Å². The van der Waals surface area contributed by atoms with E-state index in [0.29, 0.717) is 0 Å². The monoisotopic (exact) mass is 334 g/mol. The molecule has 17 heavy (non-hydrogen) atoms. The summed E-state index contributed by atoms with van der Waals surface area (Å²) in [5, 5.41) is 0. The van der Waals surface area contributed by atoms with Gasteiger partial charge in [-0.1, -0.05) is 0 Å². The molecule has 0 atom stereocenters. The molecule has 2 radical (unpaired) electrons. The Morgan fingerprint density at radius 3 is 1.29 bits per heavy atom. The van der Waals surface area contributed by atoms with Crippen LogP contribution in [0, 0.1) is 0 Å². The summed E-state index contributed by atoms with van der Waals surface area (Å²) in [6.45, 7) is 0. The summed E-state index contributed by atoms with van der Waals surface area (Å²) in [7, 11) is 0. The molecule has 3 aromatic heterocycles. The van der Waals surface area contributed by atoms with Gasteiger partial charge in [0.1, 0.15) is 0 Å². The Morgan fingerprint density at radius 1 is 0.706 bits per heavy atom. The second-order valence-electron chi connectivity index (χ2n) is 3.74. The van der Waals surface area contributed by atoms with Crippen molar-refractivity contribution in [2.75, 3.05) is 0 Å². The molecule has 0 fully saturated rings. The number of rotatable bonds is 3. The number of furan rings is 3. The van der Waals surface area contributed by atoms with Crippen molar-refractivity contribution in [2.24, 2.45) is 0 Å². The molecular weight excluding hydrogens is 323 g/mol. The molecular formula is C13H10O3Sn. The molecule has 3 heterocycles. The summed E-state index contributed by atoms with van der Waals surface area (Å²) in [5.74, 6) is 2.56. The standard InChI is InChI=1S/C13H9O3.Sn.H/c1-4-10(14-7-1)13(11-5-2-8-15-11)12-6-3-9-16-12;;/h1-9H;;. The van der Waals surface area contributed by atoms with Crippen LogP contribution in [0.5, 0.6) is 0 Å². The van der Waals surface area contributed by atoms with E-state index in [0.717, 1.165) is 39.8 Å². The topological polar surface area (TPSA) is 39.4 Å². The Kier molecular flexibility index (Phi) is 2.62. The maximum atomic E-state index is 5.56. The zero-order valence-corrected chi connectivity index (χ0v) is 12.3. The van der Waals surface area contributed by atoms with E-state index in [9.17, 15) is 0 Å². The predicted octanol–water partition coefficient (Wildman–Crippen LogP) is 2.66. The molecule has 0 amide bonds. The minimum absolute atomic E-state index is 0.401. The van der Waals surface area contributed by atoms with Crippen LogP contribution < -0.4 is 0 Å². The van der Waals surface area contributed by atoms with Gasteiger partial charge in [0.25, 0.3) is 0 Å². The molecule has 0 N–H and O–H groups in total. The first kappa shape index (κ1) is 10.8. The van der Waals surface area contributed by atoms with Crippen LogP contribution in [0.15, 0.2) is 68.4 Å². The van der Waals surface area contributed by atoms with E-state index < -0.39 is 3.43 Å². The van der Waals surface area contributed by atoms with Crippen LogP contribution in [0.25, 0.3) is 0 Å². The van der Waals surface area contributed by atoms with Crippen molar-refractivity contribution in [3.05, 3.63) is 72.5 Å². The average molecular weight is 333 g/mol. The third-order valence-corrected chi connectivity index (χ3v) is 5.17. The van der Waals surface area contributed by atoms with E-state index in [2.05, 4.69) is 0 Å². The van der Waals surface area contributed by atoms with Crippen molar-refractivity contribution < 1.29 is 13.3 Å². The Morgan fingerprint density at radius 2 is 1.06 bits per heavy atom. The van der Waals surface area contributed by atoms with Crippen LogP contribution in [0.1, 0.15) is 17.3 Å². The van der Waals surface area contributed by atoms with Crippen LogP contribution in [-0.4, -0.2) is 22.5 Å². The zero-order valence-electron chi connectivity index (χ0n) is 9.00. The van der Waals surface area contributed by atoms with Crippen LogP contribution in [0.2, 0.25) is 0 Å². The summed E-state index contributed by atoms with van der Waals surface area (Å²) in [6, 6.07) is 11.5. The van der Waals surface area contributed by atoms with Crippen LogP contribution >= 0.6 is 0 Å². The van der Waals surface area contributed by atoms with Gasteiger partial charge in [0.2, 0.25) is 0 Å². The molecule has 3 rings (SSSR count). The van der Waals surface area contributed by atoms with Crippen molar-refractivity contribution in [2.45, 2.75) is 3.43 Å². The van der Waals surface area contributed by atoms with E-state index in [4.69, 9.17) is 13.3 Å². The summed E-state index contributed by atoms with van der Waals surface area (Å²) in [5.41, 5.74) is 0. The first-order chi connectivity index (χ1) is 8.32. The van der Waals surface area contributed by atoms with Crippen molar-refractivity contribution in [1.29, 1.82) is 0 Å². The second kappa shape index (κ2) is 4.14. The minimum atomic E-state index is -0.401. The SMILES string of the molecule is [SnH][C](c1ccco1)(c1ccco1)c1ccco1. The van der Waals surface area contributed by atoms with E-state index >= 15 is 0 Å². The van der Waals surface area contributed by atoms with Gasteiger partial charge in [0.15, 0.2) is 0 Å². The zero-order chi connectivity index (χ0) is 11.7. The van der Waals surface area contributed by atoms with Crippen LogP contribution in [0.3, 0.4) is 0 Å². The average Bonchev–Trinajstić information content (AvgIpc) is 3.10. The molecule has 0 aliphatic heterocycles. The Balaban J connectivity index is 2.21. The molecule has 0 aromatic carbocycles. The third kappa shape index (κ3) is 1.65. The van der Waals surface area contributed by atoms with Gasteiger partial charge in [-0.15, -0.1) is 0 Å². The number of hydrogen-bond donors (Lipinski definition) is 0. The first-order valence-corrected chi connectivity index (χ1v) is 6.87. The number of hydrogen-bond acceptors (Lipinski definition) is 3. The Bertz CT molecular complexity index is 480. The molecule has 0 aliphatic rings. The van der Waals surface area contributed by atoms with Gasteiger partial charge in [0.05, 0.1) is 0 Å².